The molecule has 3 heterocycles. The standard InChI is InChI=1S/C33H27ClN2O3S2/c1-17-7-13-21(14-8-17)36-30(37)26-22-15-23(27(26)31(36)38)28-25(22)24(19-9-11-20(34)12-10-19)29-32(40-28)35(33(39)41-29)16-18-5-3-2-4-6-18/h2-14,22-28H,15-16H2,1H3/t22-,23-,24+,25-,26+,27-,28+/m1/s1. The Morgan fingerprint density at radius 1 is 0.854 bits per heavy atom. The van der Waals surface area contributed by atoms with Gasteiger partial charge in [0.25, 0.3) is 0 Å². The molecule has 2 aliphatic heterocycles. The highest BCUT2D eigenvalue weighted by Crippen LogP contribution is 2.69. The molecule has 2 saturated carbocycles. The zero-order valence-corrected chi connectivity index (χ0v) is 24.7. The highest BCUT2D eigenvalue weighted by molar-refractivity contribution is 8.00. The van der Waals surface area contributed by atoms with Crippen LogP contribution in [-0.2, 0) is 16.1 Å². The Labute approximate surface area is 251 Å². The van der Waals surface area contributed by atoms with Crippen molar-refractivity contribution in [2.45, 2.75) is 36.1 Å². The minimum absolute atomic E-state index is 0.0180. The van der Waals surface area contributed by atoms with Crippen molar-refractivity contribution in [3.8, 4) is 0 Å². The van der Waals surface area contributed by atoms with Crippen molar-refractivity contribution >= 4 is 52.2 Å². The minimum Gasteiger partial charge on any atom is -0.289 e. The molecule has 2 aliphatic carbocycles. The molecule has 0 spiro atoms. The molecule has 0 radical (unpaired) electrons. The fourth-order valence-electron chi connectivity index (χ4n) is 8.01. The molecule has 2 amide bonds. The van der Waals surface area contributed by atoms with Crippen molar-refractivity contribution in [1.82, 2.24) is 4.57 Å². The van der Waals surface area contributed by atoms with Crippen LogP contribution in [0.25, 0.3) is 0 Å². The van der Waals surface area contributed by atoms with E-state index in [1.807, 2.05) is 78.2 Å². The van der Waals surface area contributed by atoms with Crippen molar-refractivity contribution < 1.29 is 9.59 Å². The third-order valence-electron chi connectivity index (χ3n) is 9.65. The highest BCUT2D eigenvalue weighted by Gasteiger charge is 2.69. The smallest absolute Gasteiger partial charge is 0.289 e. The molecule has 0 unspecified atom stereocenters. The van der Waals surface area contributed by atoms with Crippen molar-refractivity contribution in [3.05, 3.63) is 115 Å². The number of thioether (sulfide) groups is 1. The van der Waals surface area contributed by atoms with Gasteiger partial charge in [-0.3, -0.25) is 23.9 Å². The van der Waals surface area contributed by atoms with Gasteiger partial charge in [0, 0.05) is 21.1 Å². The number of imide groups is 1. The van der Waals surface area contributed by atoms with Crippen LogP contribution in [0.2, 0.25) is 5.02 Å². The van der Waals surface area contributed by atoms with Gasteiger partial charge in [0.15, 0.2) is 0 Å². The number of benzene rings is 3. The number of carbonyl (C=O) groups is 2. The lowest BCUT2D eigenvalue weighted by atomic mass is 9.68. The zero-order chi connectivity index (χ0) is 28.0. The maximum absolute atomic E-state index is 14.0. The van der Waals surface area contributed by atoms with E-state index in [0.717, 1.165) is 33.0 Å². The first-order valence-electron chi connectivity index (χ1n) is 14.0. The van der Waals surface area contributed by atoms with Crippen LogP contribution in [0.1, 0.15) is 33.9 Å². The molecular weight excluding hydrogens is 572 g/mol. The van der Waals surface area contributed by atoms with Gasteiger partial charge in [-0.05, 0) is 66.5 Å². The fraction of sp³-hybridized carbons (Fsp3) is 0.303. The number of anilines is 1. The van der Waals surface area contributed by atoms with Gasteiger partial charge in [-0.2, -0.15) is 0 Å². The number of aromatic nitrogens is 1. The Bertz CT molecular complexity index is 1750. The summed E-state index contributed by atoms with van der Waals surface area (Å²) in [7, 11) is 0. The Hall–Kier alpha value is -3.13. The van der Waals surface area contributed by atoms with Crippen LogP contribution in [0.5, 0.6) is 0 Å². The molecule has 0 N–H and O–H groups in total. The monoisotopic (exact) mass is 598 g/mol. The quantitative estimate of drug-likeness (QED) is 0.248. The van der Waals surface area contributed by atoms with Crippen molar-refractivity contribution in [2.24, 2.45) is 29.6 Å². The summed E-state index contributed by atoms with van der Waals surface area (Å²) in [4.78, 5) is 44.0. The summed E-state index contributed by atoms with van der Waals surface area (Å²) < 4.78 is 1.92. The zero-order valence-electron chi connectivity index (χ0n) is 22.3. The predicted octanol–water partition coefficient (Wildman–Crippen LogP) is 6.60. The summed E-state index contributed by atoms with van der Waals surface area (Å²) in [5, 5.41) is 1.84. The molecule has 3 fully saturated rings. The topological polar surface area (TPSA) is 59.4 Å². The number of thiazole rings is 1. The molecule has 3 aromatic carbocycles. The number of carbonyl (C=O) groups excluding carboxylic acids is 2. The molecule has 8 heteroatoms. The Morgan fingerprint density at radius 3 is 2.24 bits per heavy atom. The molecule has 41 heavy (non-hydrogen) atoms. The minimum atomic E-state index is -0.310. The summed E-state index contributed by atoms with van der Waals surface area (Å²) >= 11 is 9.41. The van der Waals surface area contributed by atoms with Gasteiger partial charge in [0.05, 0.1) is 29.1 Å². The first kappa shape index (κ1) is 25.6. The number of aryl methyl sites for hydroxylation is 1. The van der Waals surface area contributed by atoms with Gasteiger partial charge in [-0.1, -0.05) is 83.1 Å². The molecule has 5 nitrogen and oxygen atoms in total. The third-order valence-corrected chi connectivity index (χ3v) is 12.7. The second-order valence-electron chi connectivity index (χ2n) is 11.8. The Kier molecular flexibility index (Phi) is 5.89. The van der Waals surface area contributed by atoms with Gasteiger partial charge in [-0.25, -0.2) is 0 Å². The van der Waals surface area contributed by atoms with E-state index in [9.17, 15) is 14.4 Å². The average Bonchev–Trinajstić information content (AvgIpc) is 3.69. The predicted molar refractivity (Wildman–Crippen MR) is 163 cm³/mol. The lowest BCUT2D eigenvalue weighted by Crippen LogP contribution is -2.43. The molecule has 2 bridgehead atoms. The van der Waals surface area contributed by atoms with Gasteiger partial charge in [-0.15, -0.1) is 11.8 Å². The SMILES string of the molecule is Cc1ccc(N2C(=O)[C@@H]3[C@H]4C[C@@H]([C@@H]3C2=O)[C@@H]2[C@H](c3ccc(Cl)cc3)c3sc(=O)n(Cc5ccccc5)c3S[C@@H]42)cc1. The van der Waals surface area contributed by atoms with Gasteiger partial charge in [0.2, 0.25) is 11.8 Å². The van der Waals surface area contributed by atoms with E-state index in [1.54, 1.807) is 11.8 Å². The largest absolute Gasteiger partial charge is 0.308 e. The van der Waals surface area contributed by atoms with Crippen LogP contribution < -0.4 is 9.77 Å². The molecule has 8 rings (SSSR count). The lowest BCUT2D eigenvalue weighted by Gasteiger charge is -2.43. The van der Waals surface area contributed by atoms with E-state index in [-0.39, 0.29) is 57.4 Å². The lowest BCUT2D eigenvalue weighted by molar-refractivity contribution is -0.123. The summed E-state index contributed by atoms with van der Waals surface area (Å²) in [6.45, 7) is 2.52. The summed E-state index contributed by atoms with van der Waals surface area (Å²) in [5.74, 6) is -0.407. The summed E-state index contributed by atoms with van der Waals surface area (Å²) in [6, 6.07) is 25.7. The van der Waals surface area contributed by atoms with Gasteiger partial charge >= 0.3 is 4.87 Å². The van der Waals surface area contributed by atoms with Crippen LogP contribution in [0.3, 0.4) is 0 Å². The van der Waals surface area contributed by atoms with Crippen LogP contribution in [0.15, 0.2) is 88.7 Å². The van der Waals surface area contributed by atoms with Crippen LogP contribution in [0.4, 0.5) is 5.69 Å². The second kappa shape index (κ2) is 9.45. The average molecular weight is 599 g/mol. The molecule has 7 atom stereocenters. The molecular formula is C33H27ClN2O3S2. The van der Waals surface area contributed by atoms with E-state index < -0.39 is 0 Å². The first-order chi connectivity index (χ1) is 19.9. The maximum atomic E-state index is 14.0. The van der Waals surface area contributed by atoms with E-state index >= 15 is 0 Å². The van der Waals surface area contributed by atoms with Gasteiger partial charge < -0.3 is 0 Å². The van der Waals surface area contributed by atoms with Crippen molar-refractivity contribution in [1.29, 1.82) is 0 Å². The Balaban J connectivity index is 1.23. The van der Waals surface area contributed by atoms with E-state index in [2.05, 4.69) is 12.1 Å². The number of fused-ring (bicyclic) bond motifs is 9. The van der Waals surface area contributed by atoms with Crippen LogP contribution in [-0.4, -0.2) is 21.6 Å². The van der Waals surface area contributed by atoms with E-state index in [1.165, 1.54) is 16.2 Å². The van der Waals surface area contributed by atoms with E-state index in [4.69, 9.17) is 11.6 Å². The summed E-state index contributed by atoms with van der Waals surface area (Å²) in [5.41, 5.74) is 3.96. The Morgan fingerprint density at radius 2 is 1.54 bits per heavy atom. The molecule has 4 aromatic rings. The second-order valence-corrected chi connectivity index (χ2v) is 14.4. The van der Waals surface area contributed by atoms with Gasteiger partial charge in [0.1, 0.15) is 0 Å². The summed E-state index contributed by atoms with van der Waals surface area (Å²) in [6.07, 6.45) is 0.874. The maximum Gasteiger partial charge on any atom is 0.308 e. The number of halogens is 1. The number of nitrogens with zero attached hydrogens (tertiary/aromatic N) is 2. The highest BCUT2D eigenvalue weighted by atomic mass is 35.5. The molecule has 206 valence electrons. The van der Waals surface area contributed by atoms with Crippen molar-refractivity contribution in [3.63, 3.8) is 0 Å². The number of amides is 2. The molecule has 1 aromatic heterocycles. The number of rotatable bonds is 4. The van der Waals surface area contributed by atoms with Crippen LogP contribution in [0, 0.1) is 36.5 Å². The van der Waals surface area contributed by atoms with Crippen molar-refractivity contribution in [2.75, 3.05) is 4.90 Å². The normalized spacial score (nSPS) is 29.5. The van der Waals surface area contributed by atoms with Crippen LogP contribution >= 0.6 is 34.7 Å². The number of hydrogen-bond acceptors (Lipinski definition) is 5. The van der Waals surface area contributed by atoms with E-state index in [0.29, 0.717) is 17.3 Å². The molecule has 1 saturated heterocycles. The third kappa shape index (κ3) is 3.78. The first-order valence-corrected chi connectivity index (χ1v) is 16.1. The molecule has 4 aliphatic rings. The number of hydrogen-bond donors (Lipinski definition) is 0. The fourth-order valence-corrected chi connectivity index (χ4v) is 11.3.